The smallest absolute Gasteiger partial charge is 0.333 e. The van der Waals surface area contributed by atoms with Crippen molar-refractivity contribution in [2.45, 2.75) is 111 Å². The Labute approximate surface area is 380 Å². The maximum atomic E-state index is 7.19. The van der Waals surface area contributed by atoms with Crippen LogP contribution in [0.1, 0.15) is 110 Å². The van der Waals surface area contributed by atoms with Crippen LogP contribution in [0, 0.1) is 6.92 Å². The van der Waals surface area contributed by atoms with Gasteiger partial charge in [0.05, 0.1) is 11.0 Å². The molecule has 0 atom stereocenters. The van der Waals surface area contributed by atoms with Gasteiger partial charge in [0.25, 0.3) is 0 Å². The fourth-order valence-corrected chi connectivity index (χ4v) is 13.4. The van der Waals surface area contributed by atoms with E-state index in [1.54, 1.807) is 0 Å². The van der Waals surface area contributed by atoms with Crippen molar-refractivity contribution >= 4 is 104 Å². The van der Waals surface area contributed by atoms with E-state index in [-0.39, 0.29) is 28.5 Å². The van der Waals surface area contributed by atoms with Crippen LogP contribution in [0.25, 0.3) is 80.7 Å². The van der Waals surface area contributed by atoms with Gasteiger partial charge in [-0.25, -0.2) is 0 Å². The first-order valence-electron chi connectivity index (χ1n) is 23.4. The Balaban J connectivity index is 1.27. The van der Waals surface area contributed by atoms with Crippen molar-refractivity contribution in [1.29, 1.82) is 0 Å². The third-order valence-electron chi connectivity index (χ3n) is 15.8. The summed E-state index contributed by atoms with van der Waals surface area (Å²) in [5.74, 6) is 0. The molecule has 0 radical (unpaired) electrons. The molecule has 0 saturated carbocycles. The SMILES string of the molecule is Cc1cc2c(cc1N1B3c4c(cc5c(sc6ccccc65)c4-c4c1ccc1c4oc4ccccc41)-n1c4ccc(C(C)(C)C)cc4c4cc(C(C)(C)C)cc3c41)C(C)(C)CCC2(C)C. The van der Waals surface area contributed by atoms with E-state index >= 15 is 0 Å². The molecule has 1 aliphatic carbocycles. The summed E-state index contributed by atoms with van der Waals surface area (Å²) in [5.41, 5.74) is 20.6. The van der Waals surface area contributed by atoms with Crippen LogP contribution in [-0.4, -0.2) is 11.4 Å². The molecule has 0 bridgehead atoms. The fraction of sp³-hybridized carbons (Fsp3) is 0.288. The van der Waals surface area contributed by atoms with Crippen molar-refractivity contribution in [2.24, 2.45) is 0 Å². The normalized spacial score (nSPS) is 16.4. The third-order valence-corrected chi connectivity index (χ3v) is 17.0. The predicted molar refractivity (Wildman–Crippen MR) is 277 cm³/mol. The molecule has 0 amide bonds. The molecule has 3 aromatic heterocycles. The van der Waals surface area contributed by atoms with Crippen molar-refractivity contribution < 1.29 is 4.42 Å². The van der Waals surface area contributed by atoms with Gasteiger partial charge in [-0.2, -0.15) is 0 Å². The van der Waals surface area contributed by atoms with Crippen LogP contribution < -0.4 is 15.7 Å². The molecule has 3 aliphatic rings. The number of aromatic nitrogens is 1. The van der Waals surface area contributed by atoms with Crippen LogP contribution in [0.2, 0.25) is 0 Å². The number of thiophene rings is 1. The Bertz CT molecular complexity index is 3730. The molecule has 316 valence electrons. The van der Waals surface area contributed by atoms with Gasteiger partial charge in [0, 0.05) is 69.9 Å². The second-order valence-corrected chi connectivity index (χ2v) is 23.9. The average Bonchev–Trinajstić information content (AvgIpc) is 3.93. The zero-order chi connectivity index (χ0) is 44.1. The third kappa shape index (κ3) is 5.00. The lowest BCUT2D eigenvalue weighted by Gasteiger charge is -2.46. The maximum Gasteiger partial charge on any atom is 0.333 e. The number of hydrogen-bond acceptors (Lipinski definition) is 3. The Morgan fingerprint density at radius 3 is 2.03 bits per heavy atom. The van der Waals surface area contributed by atoms with Gasteiger partial charge in [0.15, 0.2) is 0 Å². The van der Waals surface area contributed by atoms with Crippen LogP contribution in [0.5, 0.6) is 0 Å². The fourth-order valence-electron chi connectivity index (χ4n) is 12.1. The number of fused-ring (bicyclic) bond motifs is 16. The molecule has 0 spiro atoms. The largest absolute Gasteiger partial charge is 0.455 e. The van der Waals surface area contributed by atoms with E-state index in [1.807, 2.05) is 11.3 Å². The summed E-state index contributed by atoms with van der Waals surface area (Å²) in [5, 5.41) is 7.62. The summed E-state index contributed by atoms with van der Waals surface area (Å²) >= 11 is 1.94. The summed E-state index contributed by atoms with van der Waals surface area (Å²) < 4.78 is 12.5. The van der Waals surface area contributed by atoms with Gasteiger partial charge in [-0.3, -0.25) is 0 Å². The molecule has 3 nitrogen and oxygen atoms in total. The molecule has 0 unspecified atom stereocenters. The summed E-state index contributed by atoms with van der Waals surface area (Å²) in [4.78, 5) is 2.77. The molecule has 7 aromatic carbocycles. The van der Waals surface area contributed by atoms with E-state index in [1.165, 1.54) is 121 Å². The zero-order valence-corrected chi connectivity index (χ0v) is 39.9. The highest BCUT2D eigenvalue weighted by Crippen LogP contribution is 2.55. The van der Waals surface area contributed by atoms with E-state index < -0.39 is 0 Å². The standard InChI is InChI=1S/C59H55BN2OS/c1-32-26-41-42(59(10,11)25-24-58(41,8)9)31-46(32)62-45-23-21-37-35-16-12-14-18-48(35)63-54(37)50(45)51-52-47(30-40-36-17-13-15-19-49(36)64-55(40)51)61-44-22-20-33(56(2,3)4)27-38(44)39-28-34(57(5,6)7)29-43(53(39)61)60(52)62/h12-23,26-31H,24-25H2,1-11H3. The summed E-state index contributed by atoms with van der Waals surface area (Å²) in [6.07, 6.45) is 2.35. The van der Waals surface area contributed by atoms with Crippen LogP contribution >= 0.6 is 11.3 Å². The Hall–Kier alpha value is -5.78. The van der Waals surface area contributed by atoms with E-state index in [9.17, 15) is 0 Å². The molecule has 64 heavy (non-hydrogen) atoms. The van der Waals surface area contributed by atoms with Gasteiger partial charge in [-0.15, -0.1) is 11.3 Å². The lowest BCUT2D eigenvalue weighted by molar-refractivity contribution is 0.332. The highest BCUT2D eigenvalue weighted by molar-refractivity contribution is 7.26. The monoisotopic (exact) mass is 850 g/mol. The molecule has 0 saturated heterocycles. The van der Waals surface area contributed by atoms with Gasteiger partial charge < -0.3 is 13.8 Å². The lowest BCUT2D eigenvalue weighted by Crippen LogP contribution is -2.61. The predicted octanol–water partition coefficient (Wildman–Crippen LogP) is 15.5. The topological polar surface area (TPSA) is 21.3 Å². The number of anilines is 2. The second-order valence-electron chi connectivity index (χ2n) is 22.8. The van der Waals surface area contributed by atoms with Crippen LogP contribution in [0.3, 0.4) is 0 Å². The molecule has 5 heteroatoms. The summed E-state index contributed by atoms with van der Waals surface area (Å²) in [6.45, 7) is 26.3. The number of para-hydroxylation sites is 1. The number of nitrogens with zero attached hydrogens (tertiary/aromatic N) is 2. The molecule has 5 heterocycles. The van der Waals surface area contributed by atoms with Crippen LogP contribution in [-0.2, 0) is 21.7 Å². The first-order valence-corrected chi connectivity index (χ1v) is 24.2. The first kappa shape index (κ1) is 38.7. The second kappa shape index (κ2) is 12.3. The minimum absolute atomic E-state index is 0.00820. The molecule has 10 aromatic rings. The van der Waals surface area contributed by atoms with Gasteiger partial charge >= 0.3 is 6.85 Å². The quantitative estimate of drug-likeness (QED) is 0.153. The van der Waals surface area contributed by atoms with Crippen molar-refractivity contribution in [3.05, 3.63) is 137 Å². The summed E-state index contributed by atoms with van der Waals surface area (Å²) in [6, 6.07) is 42.6. The zero-order valence-electron chi connectivity index (χ0n) is 39.1. The molecular weight excluding hydrogens is 796 g/mol. The van der Waals surface area contributed by atoms with E-state index in [4.69, 9.17) is 4.42 Å². The molecule has 0 fully saturated rings. The Morgan fingerprint density at radius 1 is 0.594 bits per heavy atom. The van der Waals surface area contributed by atoms with Crippen molar-refractivity contribution in [3.8, 4) is 16.8 Å². The highest BCUT2D eigenvalue weighted by Gasteiger charge is 2.48. The molecular formula is C59H55BN2OS. The number of benzene rings is 7. The molecule has 13 rings (SSSR count). The van der Waals surface area contributed by atoms with Gasteiger partial charge in [0.1, 0.15) is 11.2 Å². The lowest BCUT2D eigenvalue weighted by atomic mass is 9.43. The Kier molecular flexibility index (Phi) is 7.44. The number of hydrogen-bond donors (Lipinski definition) is 0. The number of rotatable bonds is 1. The van der Waals surface area contributed by atoms with Crippen molar-refractivity contribution in [3.63, 3.8) is 0 Å². The van der Waals surface area contributed by atoms with Crippen molar-refractivity contribution in [1.82, 2.24) is 4.57 Å². The average molecular weight is 851 g/mol. The first-order chi connectivity index (χ1) is 30.4. The van der Waals surface area contributed by atoms with Gasteiger partial charge in [-0.05, 0) is 135 Å². The molecule has 0 N–H and O–H groups in total. The highest BCUT2D eigenvalue weighted by atomic mass is 32.1. The number of aryl methyl sites for hydroxylation is 1. The molecule has 2 aliphatic heterocycles. The minimum Gasteiger partial charge on any atom is -0.455 e. The maximum absolute atomic E-state index is 7.19. The van der Waals surface area contributed by atoms with Crippen molar-refractivity contribution in [2.75, 3.05) is 4.81 Å². The number of furan rings is 1. The van der Waals surface area contributed by atoms with Crippen LogP contribution in [0.4, 0.5) is 11.4 Å². The van der Waals surface area contributed by atoms with Gasteiger partial charge in [-0.1, -0.05) is 124 Å². The van der Waals surface area contributed by atoms with E-state index in [0.717, 1.165) is 23.0 Å². The van der Waals surface area contributed by atoms with Gasteiger partial charge in [0.2, 0.25) is 0 Å². The Morgan fingerprint density at radius 2 is 1.28 bits per heavy atom. The van der Waals surface area contributed by atoms with E-state index in [0.29, 0.717) is 0 Å². The minimum atomic E-state index is -0.103. The van der Waals surface area contributed by atoms with Crippen LogP contribution in [0.15, 0.2) is 114 Å². The van der Waals surface area contributed by atoms with E-state index in [2.05, 4.69) is 195 Å². The summed E-state index contributed by atoms with van der Waals surface area (Å²) in [7, 11) is 0.